The number of rotatable bonds is 3. The summed E-state index contributed by atoms with van der Waals surface area (Å²) >= 11 is 0. The molecule has 0 saturated heterocycles. The number of hydrogen-bond donors (Lipinski definition) is 2. The number of cyclic esters (lactones) is 1. The van der Waals surface area contributed by atoms with Crippen LogP contribution in [0.4, 0.5) is 0 Å². The molecule has 94 valence electrons. The van der Waals surface area contributed by atoms with Crippen LogP contribution in [-0.2, 0) is 9.53 Å². The highest BCUT2D eigenvalue weighted by Crippen LogP contribution is 2.37. The van der Waals surface area contributed by atoms with E-state index in [4.69, 9.17) is 4.74 Å². The number of carbonyl (C=O) groups is 1. The van der Waals surface area contributed by atoms with Crippen molar-refractivity contribution in [1.82, 2.24) is 0 Å². The molecule has 0 unspecified atom stereocenters. The summed E-state index contributed by atoms with van der Waals surface area (Å²) in [6.07, 6.45) is 4.04. The van der Waals surface area contributed by atoms with Gasteiger partial charge in [-0.1, -0.05) is 13.3 Å². The standard InChI is InChI=1S/C13H18O4/c1-2-3-4-5-10-8-6-7-9(14)12(15)11(8)13(16)17-10/h5,9,12,14-15H,2-4,6-7H2,1H3/b10-5-/t9-,12+/m0/s1. The quantitative estimate of drug-likeness (QED) is 0.576. The molecule has 1 aliphatic heterocycles. The van der Waals surface area contributed by atoms with E-state index in [1.807, 2.05) is 6.08 Å². The van der Waals surface area contributed by atoms with Crippen molar-refractivity contribution >= 4 is 5.97 Å². The van der Waals surface area contributed by atoms with Crippen molar-refractivity contribution in [1.29, 1.82) is 0 Å². The minimum absolute atomic E-state index is 0.256. The van der Waals surface area contributed by atoms with E-state index < -0.39 is 18.2 Å². The number of hydrogen-bond acceptors (Lipinski definition) is 4. The molecule has 1 heterocycles. The largest absolute Gasteiger partial charge is 0.423 e. The third-order valence-corrected chi connectivity index (χ3v) is 3.28. The van der Waals surface area contributed by atoms with E-state index >= 15 is 0 Å². The number of unbranched alkanes of at least 4 members (excludes halogenated alkanes) is 2. The summed E-state index contributed by atoms with van der Waals surface area (Å²) in [4.78, 5) is 11.6. The average molecular weight is 238 g/mol. The zero-order chi connectivity index (χ0) is 12.4. The summed E-state index contributed by atoms with van der Waals surface area (Å²) in [6.45, 7) is 2.10. The van der Waals surface area contributed by atoms with Crippen molar-refractivity contribution in [2.45, 2.75) is 51.2 Å². The molecule has 4 heteroatoms. The van der Waals surface area contributed by atoms with Gasteiger partial charge in [-0.25, -0.2) is 4.79 Å². The Bertz CT molecular complexity index is 381. The number of carbonyl (C=O) groups excluding carboxylic acids is 1. The van der Waals surface area contributed by atoms with Crippen LogP contribution in [0.25, 0.3) is 0 Å². The van der Waals surface area contributed by atoms with Crippen LogP contribution in [0.5, 0.6) is 0 Å². The van der Waals surface area contributed by atoms with E-state index in [9.17, 15) is 15.0 Å². The van der Waals surface area contributed by atoms with Crippen molar-refractivity contribution in [3.8, 4) is 0 Å². The molecule has 0 spiro atoms. The topological polar surface area (TPSA) is 66.8 Å². The first-order valence-corrected chi connectivity index (χ1v) is 6.17. The summed E-state index contributed by atoms with van der Waals surface area (Å²) in [7, 11) is 0. The average Bonchev–Trinajstić information content (AvgIpc) is 2.62. The highest BCUT2D eigenvalue weighted by molar-refractivity contribution is 5.96. The van der Waals surface area contributed by atoms with E-state index in [1.165, 1.54) is 0 Å². The molecule has 0 radical (unpaired) electrons. The Hall–Kier alpha value is -1.13. The third kappa shape index (κ3) is 2.28. The Labute approximate surface area is 101 Å². The smallest absolute Gasteiger partial charge is 0.342 e. The SMILES string of the molecule is CCCC/C=C1\OC(=O)C2=C1CC[C@H](O)[C@H]2O. The second-order valence-electron chi connectivity index (χ2n) is 4.54. The van der Waals surface area contributed by atoms with Gasteiger partial charge in [-0.3, -0.25) is 0 Å². The summed E-state index contributed by atoms with van der Waals surface area (Å²) in [5.41, 5.74) is 1.04. The van der Waals surface area contributed by atoms with Gasteiger partial charge in [0, 0.05) is 5.57 Å². The Morgan fingerprint density at radius 3 is 2.94 bits per heavy atom. The number of ether oxygens (including phenoxy) is 1. The molecule has 0 bridgehead atoms. The molecule has 1 aliphatic carbocycles. The Kier molecular flexibility index (Phi) is 3.64. The zero-order valence-corrected chi connectivity index (χ0v) is 9.98. The maximum Gasteiger partial charge on any atom is 0.342 e. The maximum absolute atomic E-state index is 11.6. The first-order chi connectivity index (χ1) is 8.15. The van der Waals surface area contributed by atoms with E-state index in [-0.39, 0.29) is 5.57 Å². The van der Waals surface area contributed by atoms with Crippen molar-refractivity contribution in [3.05, 3.63) is 23.0 Å². The van der Waals surface area contributed by atoms with Gasteiger partial charge in [-0.05, 0) is 31.8 Å². The second-order valence-corrected chi connectivity index (χ2v) is 4.54. The fraction of sp³-hybridized carbons (Fsp3) is 0.615. The van der Waals surface area contributed by atoms with Crippen LogP contribution in [0.1, 0.15) is 39.0 Å². The van der Waals surface area contributed by atoms with Crippen LogP contribution >= 0.6 is 0 Å². The van der Waals surface area contributed by atoms with Crippen molar-refractivity contribution < 1.29 is 19.7 Å². The Morgan fingerprint density at radius 2 is 2.24 bits per heavy atom. The molecule has 2 atom stereocenters. The first kappa shape index (κ1) is 12.3. The summed E-state index contributed by atoms with van der Waals surface area (Å²) in [5, 5.41) is 19.3. The van der Waals surface area contributed by atoms with Crippen LogP contribution in [0.3, 0.4) is 0 Å². The van der Waals surface area contributed by atoms with E-state index in [0.717, 1.165) is 24.8 Å². The molecule has 0 aromatic carbocycles. The maximum atomic E-state index is 11.6. The predicted octanol–water partition coefficient (Wildman–Crippen LogP) is 1.43. The van der Waals surface area contributed by atoms with E-state index in [0.29, 0.717) is 18.6 Å². The molecule has 2 aliphatic rings. The minimum Gasteiger partial charge on any atom is -0.423 e. The number of esters is 1. The van der Waals surface area contributed by atoms with Gasteiger partial charge in [0.25, 0.3) is 0 Å². The lowest BCUT2D eigenvalue weighted by Crippen LogP contribution is -2.33. The molecule has 0 aromatic rings. The number of allylic oxidation sites excluding steroid dienone is 2. The van der Waals surface area contributed by atoms with Crippen LogP contribution in [-0.4, -0.2) is 28.4 Å². The summed E-state index contributed by atoms with van der Waals surface area (Å²) in [5.74, 6) is 0.0819. The molecule has 4 nitrogen and oxygen atoms in total. The van der Waals surface area contributed by atoms with Gasteiger partial charge < -0.3 is 14.9 Å². The highest BCUT2D eigenvalue weighted by Gasteiger charge is 2.40. The predicted molar refractivity (Wildman–Crippen MR) is 62.0 cm³/mol. The lowest BCUT2D eigenvalue weighted by atomic mass is 9.87. The van der Waals surface area contributed by atoms with Gasteiger partial charge in [0.1, 0.15) is 11.9 Å². The fourth-order valence-corrected chi connectivity index (χ4v) is 2.27. The van der Waals surface area contributed by atoms with Gasteiger partial charge in [0.05, 0.1) is 11.7 Å². The zero-order valence-electron chi connectivity index (χ0n) is 9.98. The van der Waals surface area contributed by atoms with Crippen LogP contribution in [0.15, 0.2) is 23.0 Å². The highest BCUT2D eigenvalue weighted by atomic mass is 16.5. The number of aliphatic hydroxyl groups is 2. The Morgan fingerprint density at radius 1 is 1.47 bits per heavy atom. The third-order valence-electron chi connectivity index (χ3n) is 3.28. The summed E-state index contributed by atoms with van der Waals surface area (Å²) < 4.78 is 5.15. The molecule has 17 heavy (non-hydrogen) atoms. The van der Waals surface area contributed by atoms with Gasteiger partial charge in [-0.2, -0.15) is 0 Å². The van der Waals surface area contributed by atoms with Crippen LogP contribution in [0, 0.1) is 0 Å². The molecule has 0 fully saturated rings. The lowest BCUT2D eigenvalue weighted by molar-refractivity contribution is -0.135. The van der Waals surface area contributed by atoms with E-state index in [2.05, 4.69) is 6.92 Å². The monoisotopic (exact) mass is 238 g/mol. The first-order valence-electron chi connectivity index (χ1n) is 6.17. The molecule has 0 saturated carbocycles. The van der Waals surface area contributed by atoms with Gasteiger partial charge in [0.2, 0.25) is 0 Å². The van der Waals surface area contributed by atoms with Gasteiger partial charge in [0.15, 0.2) is 0 Å². The molecular weight excluding hydrogens is 220 g/mol. The second kappa shape index (κ2) is 5.02. The van der Waals surface area contributed by atoms with Crippen LogP contribution < -0.4 is 0 Å². The fourth-order valence-electron chi connectivity index (χ4n) is 2.27. The van der Waals surface area contributed by atoms with Crippen molar-refractivity contribution in [3.63, 3.8) is 0 Å². The summed E-state index contributed by atoms with van der Waals surface area (Å²) in [6, 6.07) is 0. The van der Waals surface area contributed by atoms with Crippen LogP contribution in [0.2, 0.25) is 0 Å². The number of aliphatic hydroxyl groups excluding tert-OH is 2. The molecule has 0 amide bonds. The lowest BCUT2D eigenvalue weighted by Gasteiger charge is -2.22. The van der Waals surface area contributed by atoms with Crippen molar-refractivity contribution in [2.75, 3.05) is 0 Å². The van der Waals surface area contributed by atoms with Gasteiger partial charge in [-0.15, -0.1) is 0 Å². The molecule has 2 N–H and O–H groups in total. The molecule has 2 rings (SSSR count). The van der Waals surface area contributed by atoms with Crippen molar-refractivity contribution in [2.24, 2.45) is 0 Å². The molecule has 0 aromatic heterocycles. The molecular formula is C13H18O4. The Balaban J connectivity index is 2.21. The van der Waals surface area contributed by atoms with Gasteiger partial charge >= 0.3 is 5.97 Å². The minimum atomic E-state index is -1.09. The van der Waals surface area contributed by atoms with E-state index in [1.54, 1.807) is 0 Å². The normalized spacial score (nSPS) is 30.8.